The van der Waals surface area contributed by atoms with Crippen molar-refractivity contribution in [3.63, 3.8) is 0 Å². The Bertz CT molecular complexity index is 708. The fraction of sp³-hybridized carbons (Fsp3) is 0.176. The molecular weight excluding hydrogens is 237 g/mol. The molecule has 0 bridgehead atoms. The van der Waals surface area contributed by atoms with Crippen molar-refractivity contribution in [1.82, 2.24) is 4.98 Å². The lowest BCUT2D eigenvalue weighted by atomic mass is 10.0. The Morgan fingerprint density at radius 2 is 1.68 bits per heavy atom. The van der Waals surface area contributed by atoms with Crippen LogP contribution in [0.3, 0.4) is 0 Å². The van der Waals surface area contributed by atoms with E-state index in [9.17, 15) is 4.39 Å². The van der Waals surface area contributed by atoms with Crippen molar-refractivity contribution < 1.29 is 4.39 Å². The van der Waals surface area contributed by atoms with E-state index in [1.165, 1.54) is 23.1 Å². The summed E-state index contributed by atoms with van der Waals surface area (Å²) in [4.78, 5) is 3.38. The van der Waals surface area contributed by atoms with Gasteiger partial charge in [0.1, 0.15) is 5.82 Å². The molecule has 1 heterocycles. The molecule has 0 unspecified atom stereocenters. The van der Waals surface area contributed by atoms with Crippen LogP contribution in [0.5, 0.6) is 0 Å². The molecule has 3 rings (SSSR count). The fourth-order valence-electron chi connectivity index (χ4n) is 2.30. The van der Waals surface area contributed by atoms with Gasteiger partial charge in [-0.3, -0.25) is 0 Å². The van der Waals surface area contributed by atoms with Crippen LogP contribution in [0, 0.1) is 5.82 Å². The van der Waals surface area contributed by atoms with Crippen LogP contribution in [0.15, 0.2) is 48.5 Å². The third-order valence-corrected chi connectivity index (χ3v) is 3.47. The van der Waals surface area contributed by atoms with Crippen LogP contribution in [0.2, 0.25) is 0 Å². The van der Waals surface area contributed by atoms with Crippen LogP contribution in [0.25, 0.3) is 22.2 Å². The lowest BCUT2D eigenvalue weighted by molar-refractivity contribution is 0.628. The van der Waals surface area contributed by atoms with Gasteiger partial charge in [0.15, 0.2) is 0 Å². The van der Waals surface area contributed by atoms with Gasteiger partial charge in [-0.1, -0.05) is 19.9 Å². The topological polar surface area (TPSA) is 15.8 Å². The van der Waals surface area contributed by atoms with Crippen molar-refractivity contribution in [3.05, 3.63) is 59.9 Å². The van der Waals surface area contributed by atoms with E-state index in [2.05, 4.69) is 43.1 Å². The summed E-state index contributed by atoms with van der Waals surface area (Å²) in [6, 6.07) is 15.2. The molecule has 0 radical (unpaired) electrons. The highest BCUT2D eigenvalue weighted by Crippen LogP contribution is 2.27. The molecule has 96 valence electrons. The van der Waals surface area contributed by atoms with Gasteiger partial charge in [-0.15, -0.1) is 0 Å². The number of nitrogens with one attached hydrogen (secondary N) is 1. The summed E-state index contributed by atoms with van der Waals surface area (Å²) in [6.07, 6.45) is 0. The molecular formula is C17H16FN. The quantitative estimate of drug-likeness (QED) is 0.654. The summed E-state index contributed by atoms with van der Waals surface area (Å²) in [5.74, 6) is 0.315. The maximum atomic E-state index is 12.9. The molecule has 2 aromatic carbocycles. The summed E-state index contributed by atoms with van der Waals surface area (Å²) in [5, 5.41) is 1.20. The van der Waals surface area contributed by atoms with Crippen molar-refractivity contribution in [2.24, 2.45) is 0 Å². The van der Waals surface area contributed by atoms with E-state index < -0.39 is 0 Å². The molecule has 0 atom stereocenters. The highest BCUT2D eigenvalue weighted by atomic mass is 19.1. The minimum Gasteiger partial charge on any atom is -0.355 e. The van der Waals surface area contributed by atoms with E-state index in [-0.39, 0.29) is 5.82 Å². The first-order valence-corrected chi connectivity index (χ1v) is 6.52. The molecule has 0 spiro atoms. The average molecular weight is 253 g/mol. The van der Waals surface area contributed by atoms with E-state index >= 15 is 0 Å². The standard InChI is InChI=1S/C17H16FN/c1-11(2)13-5-8-16-14(9-13)10-17(19-16)12-3-6-15(18)7-4-12/h3-11,19H,1-2H3. The molecule has 3 aromatic rings. The number of hydrogen-bond donors (Lipinski definition) is 1. The molecule has 2 heteroatoms. The molecule has 19 heavy (non-hydrogen) atoms. The Morgan fingerprint density at radius 3 is 2.37 bits per heavy atom. The zero-order chi connectivity index (χ0) is 13.4. The van der Waals surface area contributed by atoms with E-state index in [0.717, 1.165) is 16.8 Å². The van der Waals surface area contributed by atoms with Crippen LogP contribution in [-0.4, -0.2) is 4.98 Å². The summed E-state index contributed by atoms with van der Waals surface area (Å²) >= 11 is 0. The van der Waals surface area contributed by atoms with E-state index in [1.54, 1.807) is 12.1 Å². The normalized spacial score (nSPS) is 11.4. The monoisotopic (exact) mass is 253 g/mol. The first kappa shape index (κ1) is 12.0. The molecule has 1 N–H and O–H groups in total. The maximum Gasteiger partial charge on any atom is 0.123 e. The lowest BCUT2D eigenvalue weighted by Gasteiger charge is -2.03. The molecule has 1 aromatic heterocycles. The number of aromatic amines is 1. The van der Waals surface area contributed by atoms with Gasteiger partial charge in [-0.25, -0.2) is 4.39 Å². The second-order valence-electron chi connectivity index (χ2n) is 5.19. The second-order valence-corrected chi connectivity index (χ2v) is 5.19. The Hall–Kier alpha value is -2.09. The number of rotatable bonds is 2. The van der Waals surface area contributed by atoms with Gasteiger partial charge in [-0.05, 0) is 59.5 Å². The highest BCUT2D eigenvalue weighted by Gasteiger charge is 2.06. The number of fused-ring (bicyclic) bond motifs is 1. The van der Waals surface area contributed by atoms with Crippen molar-refractivity contribution >= 4 is 10.9 Å². The Morgan fingerprint density at radius 1 is 0.947 bits per heavy atom. The summed E-state index contributed by atoms with van der Waals surface area (Å²) in [6.45, 7) is 4.38. The van der Waals surface area contributed by atoms with Gasteiger partial charge in [0.2, 0.25) is 0 Å². The zero-order valence-corrected chi connectivity index (χ0v) is 11.1. The third kappa shape index (κ3) is 2.26. The second kappa shape index (κ2) is 4.54. The van der Waals surface area contributed by atoms with Gasteiger partial charge in [0.25, 0.3) is 0 Å². The number of hydrogen-bond acceptors (Lipinski definition) is 0. The Balaban J connectivity index is 2.08. The Labute approximate surface area is 112 Å². The predicted octanol–water partition coefficient (Wildman–Crippen LogP) is 5.10. The zero-order valence-electron chi connectivity index (χ0n) is 11.1. The smallest absolute Gasteiger partial charge is 0.123 e. The molecule has 0 aliphatic rings. The van der Waals surface area contributed by atoms with E-state index in [4.69, 9.17) is 0 Å². The van der Waals surface area contributed by atoms with Gasteiger partial charge in [0.05, 0.1) is 0 Å². The van der Waals surface area contributed by atoms with Crippen LogP contribution < -0.4 is 0 Å². The van der Waals surface area contributed by atoms with Gasteiger partial charge in [-0.2, -0.15) is 0 Å². The predicted molar refractivity (Wildman–Crippen MR) is 77.8 cm³/mol. The van der Waals surface area contributed by atoms with E-state index in [1.807, 2.05) is 0 Å². The SMILES string of the molecule is CC(C)c1ccc2[nH]c(-c3ccc(F)cc3)cc2c1. The largest absolute Gasteiger partial charge is 0.355 e. The Kier molecular flexibility index (Phi) is 2.86. The minimum atomic E-state index is -0.207. The molecule has 0 amide bonds. The van der Waals surface area contributed by atoms with Crippen molar-refractivity contribution in [2.75, 3.05) is 0 Å². The number of benzene rings is 2. The third-order valence-electron chi connectivity index (χ3n) is 3.47. The molecule has 1 nitrogen and oxygen atoms in total. The molecule has 0 aliphatic heterocycles. The summed E-state index contributed by atoms with van der Waals surface area (Å²) < 4.78 is 12.9. The number of halogens is 1. The first-order chi connectivity index (χ1) is 9.13. The number of aromatic nitrogens is 1. The highest BCUT2D eigenvalue weighted by molar-refractivity contribution is 5.86. The van der Waals surface area contributed by atoms with Crippen LogP contribution in [-0.2, 0) is 0 Å². The average Bonchev–Trinajstić information content (AvgIpc) is 2.82. The van der Waals surface area contributed by atoms with Crippen molar-refractivity contribution in [3.8, 4) is 11.3 Å². The van der Waals surface area contributed by atoms with Crippen LogP contribution >= 0.6 is 0 Å². The van der Waals surface area contributed by atoms with Gasteiger partial charge in [0, 0.05) is 16.6 Å². The maximum absolute atomic E-state index is 12.9. The number of H-pyrrole nitrogens is 1. The molecule has 0 fully saturated rings. The lowest BCUT2D eigenvalue weighted by Crippen LogP contribution is -1.85. The minimum absolute atomic E-state index is 0.207. The first-order valence-electron chi connectivity index (χ1n) is 6.52. The molecule has 0 aliphatic carbocycles. The summed E-state index contributed by atoms with van der Waals surface area (Å²) in [7, 11) is 0. The molecule has 0 saturated heterocycles. The van der Waals surface area contributed by atoms with E-state index in [0.29, 0.717) is 5.92 Å². The van der Waals surface area contributed by atoms with Gasteiger partial charge < -0.3 is 4.98 Å². The van der Waals surface area contributed by atoms with Crippen molar-refractivity contribution in [1.29, 1.82) is 0 Å². The molecule has 0 saturated carbocycles. The van der Waals surface area contributed by atoms with Crippen LogP contribution in [0.4, 0.5) is 4.39 Å². The fourth-order valence-corrected chi connectivity index (χ4v) is 2.30. The van der Waals surface area contributed by atoms with Gasteiger partial charge >= 0.3 is 0 Å². The van der Waals surface area contributed by atoms with Crippen molar-refractivity contribution in [2.45, 2.75) is 19.8 Å². The summed E-state index contributed by atoms with van der Waals surface area (Å²) in [5.41, 5.74) is 4.47. The van der Waals surface area contributed by atoms with Crippen LogP contribution in [0.1, 0.15) is 25.3 Å².